The predicted molar refractivity (Wildman–Crippen MR) is 127 cm³/mol. The highest BCUT2D eigenvalue weighted by Gasteiger charge is 2.25. The fourth-order valence-corrected chi connectivity index (χ4v) is 5.44. The maximum absolute atomic E-state index is 12.7. The van der Waals surface area contributed by atoms with Crippen molar-refractivity contribution in [2.45, 2.75) is 44.1 Å². The van der Waals surface area contributed by atoms with E-state index in [-0.39, 0.29) is 12.1 Å². The average Bonchev–Trinajstić information content (AvgIpc) is 3.33. The largest absolute Gasteiger partial charge is 0.493 e. The van der Waals surface area contributed by atoms with Gasteiger partial charge in [0.25, 0.3) is 0 Å². The highest BCUT2D eigenvalue weighted by atomic mass is 32.1. The second kappa shape index (κ2) is 11.6. The number of hydrogen-bond acceptors (Lipinski definition) is 8. The van der Waals surface area contributed by atoms with Crippen LogP contribution in [0.3, 0.4) is 0 Å². The van der Waals surface area contributed by atoms with Crippen molar-refractivity contribution in [3.8, 4) is 11.5 Å². The van der Waals surface area contributed by atoms with Crippen LogP contribution in [0, 0.1) is 0 Å². The summed E-state index contributed by atoms with van der Waals surface area (Å²) in [5.41, 5.74) is 1.05. The van der Waals surface area contributed by atoms with Crippen molar-refractivity contribution < 1.29 is 19.0 Å². The Labute approximate surface area is 198 Å². The van der Waals surface area contributed by atoms with Crippen LogP contribution in [0.25, 0.3) is 0 Å². The normalized spacial score (nSPS) is 18.5. The number of aromatic nitrogens is 2. The number of nitrogens with one attached hydrogen (secondary N) is 2. The Morgan fingerprint density at radius 2 is 1.91 bits per heavy atom. The molecule has 1 saturated heterocycles. The summed E-state index contributed by atoms with van der Waals surface area (Å²) < 4.78 is 16.4. The van der Waals surface area contributed by atoms with E-state index < -0.39 is 0 Å². The Bertz CT molecular complexity index is 912. The number of nitrogens with zero attached hydrogens (tertiary/aromatic N) is 3. The predicted octanol–water partition coefficient (Wildman–Crippen LogP) is 3.80. The van der Waals surface area contributed by atoms with Gasteiger partial charge >= 0.3 is 6.03 Å². The molecule has 2 aromatic rings. The average molecular weight is 476 g/mol. The SMILES string of the molecule is COc1ccc(C(CNC(=O)Nc2nnc(C3CCCCC3)s2)N2CCOCC2)cc1OC. The quantitative estimate of drug-likeness (QED) is 0.599. The monoisotopic (exact) mass is 475 g/mol. The van der Waals surface area contributed by atoms with Gasteiger partial charge in [-0.3, -0.25) is 10.2 Å². The standard InChI is InChI=1S/C23H33N5O4S/c1-30-19-9-8-17(14-20(19)31-2)18(28-10-12-32-13-11-28)15-24-22(29)25-23-27-26-21(33-23)16-6-4-3-5-7-16/h8-9,14,16,18H,3-7,10-13,15H2,1-2H3,(H2,24,25,27,29). The van der Waals surface area contributed by atoms with E-state index in [2.05, 4.69) is 25.7 Å². The van der Waals surface area contributed by atoms with Gasteiger partial charge < -0.3 is 19.5 Å². The molecule has 180 valence electrons. The molecule has 0 bridgehead atoms. The third-order valence-electron chi connectivity index (χ3n) is 6.35. The highest BCUT2D eigenvalue weighted by Crippen LogP contribution is 2.35. The van der Waals surface area contributed by atoms with Gasteiger partial charge in [0.1, 0.15) is 5.01 Å². The van der Waals surface area contributed by atoms with Crippen LogP contribution in [0.1, 0.15) is 54.6 Å². The zero-order valence-electron chi connectivity index (χ0n) is 19.3. The maximum atomic E-state index is 12.7. The fraction of sp³-hybridized carbons (Fsp3) is 0.609. The third kappa shape index (κ3) is 6.13. The molecule has 9 nitrogen and oxygen atoms in total. The summed E-state index contributed by atoms with van der Waals surface area (Å²) in [7, 11) is 3.25. The third-order valence-corrected chi connectivity index (χ3v) is 7.35. The molecular formula is C23H33N5O4S. The minimum absolute atomic E-state index is 0.0216. The first kappa shape index (κ1) is 23.7. The number of hydrogen-bond donors (Lipinski definition) is 2. The molecule has 2 aliphatic rings. The maximum Gasteiger partial charge on any atom is 0.321 e. The van der Waals surface area contributed by atoms with Crippen LogP contribution >= 0.6 is 11.3 Å². The summed E-state index contributed by atoms with van der Waals surface area (Å²) in [6.45, 7) is 3.37. The van der Waals surface area contributed by atoms with E-state index in [1.54, 1.807) is 14.2 Å². The molecule has 1 unspecified atom stereocenters. The molecule has 1 atom stereocenters. The van der Waals surface area contributed by atoms with E-state index in [9.17, 15) is 4.79 Å². The molecule has 4 rings (SSSR count). The van der Waals surface area contributed by atoms with Gasteiger partial charge in [0.2, 0.25) is 5.13 Å². The number of carbonyl (C=O) groups is 1. The van der Waals surface area contributed by atoms with E-state index >= 15 is 0 Å². The van der Waals surface area contributed by atoms with E-state index in [0.717, 1.165) is 36.5 Å². The first-order valence-corrected chi connectivity index (χ1v) is 12.4. The number of carbonyl (C=O) groups excluding carboxylic acids is 1. The van der Waals surface area contributed by atoms with Crippen LogP contribution < -0.4 is 20.1 Å². The zero-order chi connectivity index (χ0) is 23.0. The van der Waals surface area contributed by atoms with Crippen molar-refractivity contribution in [1.29, 1.82) is 0 Å². The summed E-state index contributed by atoms with van der Waals surface area (Å²) >= 11 is 1.48. The van der Waals surface area contributed by atoms with Crippen molar-refractivity contribution >= 4 is 22.5 Å². The summed E-state index contributed by atoms with van der Waals surface area (Å²) in [6.07, 6.45) is 6.10. The number of amides is 2. The number of morpholine rings is 1. The minimum Gasteiger partial charge on any atom is -0.493 e. The first-order chi connectivity index (χ1) is 16.2. The summed E-state index contributed by atoms with van der Waals surface area (Å²) in [5.74, 6) is 1.82. The smallest absolute Gasteiger partial charge is 0.321 e. The number of methoxy groups -OCH3 is 2. The molecule has 1 saturated carbocycles. The van der Waals surface area contributed by atoms with Gasteiger partial charge in [-0.15, -0.1) is 10.2 Å². The molecule has 2 heterocycles. The van der Waals surface area contributed by atoms with E-state index in [1.807, 2.05) is 18.2 Å². The molecule has 0 radical (unpaired) electrons. The van der Waals surface area contributed by atoms with Crippen LogP contribution in [0.15, 0.2) is 18.2 Å². The van der Waals surface area contributed by atoms with Gasteiger partial charge in [0.05, 0.1) is 33.5 Å². The molecule has 1 aromatic carbocycles. The van der Waals surface area contributed by atoms with Gasteiger partial charge in [0, 0.05) is 25.6 Å². The molecule has 33 heavy (non-hydrogen) atoms. The van der Waals surface area contributed by atoms with Gasteiger partial charge in [-0.25, -0.2) is 4.79 Å². The highest BCUT2D eigenvalue weighted by molar-refractivity contribution is 7.15. The lowest BCUT2D eigenvalue weighted by Gasteiger charge is -2.35. The number of rotatable bonds is 8. The lowest BCUT2D eigenvalue weighted by Crippen LogP contribution is -2.44. The van der Waals surface area contributed by atoms with Gasteiger partial charge in [-0.05, 0) is 30.5 Å². The zero-order valence-corrected chi connectivity index (χ0v) is 20.2. The van der Waals surface area contributed by atoms with Gasteiger partial charge in [-0.2, -0.15) is 0 Å². The van der Waals surface area contributed by atoms with Crippen molar-refractivity contribution in [3.05, 3.63) is 28.8 Å². The van der Waals surface area contributed by atoms with Crippen molar-refractivity contribution in [2.75, 3.05) is 52.4 Å². The molecule has 1 aliphatic carbocycles. The Morgan fingerprint density at radius 1 is 1.15 bits per heavy atom. The Morgan fingerprint density at radius 3 is 2.64 bits per heavy atom. The number of benzene rings is 1. The molecular weight excluding hydrogens is 442 g/mol. The van der Waals surface area contributed by atoms with Crippen LogP contribution in [0.2, 0.25) is 0 Å². The van der Waals surface area contributed by atoms with Crippen LogP contribution in [-0.2, 0) is 4.74 Å². The second-order valence-electron chi connectivity index (χ2n) is 8.39. The lowest BCUT2D eigenvalue weighted by molar-refractivity contribution is 0.0167. The lowest BCUT2D eigenvalue weighted by atomic mass is 9.90. The van der Waals surface area contributed by atoms with Gasteiger partial charge in [0.15, 0.2) is 11.5 Å². The summed E-state index contributed by atoms with van der Waals surface area (Å²) in [6, 6.07) is 5.59. The van der Waals surface area contributed by atoms with Crippen LogP contribution in [-0.4, -0.2) is 68.2 Å². The first-order valence-electron chi connectivity index (χ1n) is 11.6. The van der Waals surface area contributed by atoms with E-state index in [4.69, 9.17) is 14.2 Å². The summed E-state index contributed by atoms with van der Waals surface area (Å²) in [4.78, 5) is 15.0. The molecule has 2 fully saturated rings. The molecule has 2 N–H and O–H groups in total. The van der Waals surface area contributed by atoms with E-state index in [1.165, 1.54) is 30.6 Å². The van der Waals surface area contributed by atoms with Gasteiger partial charge in [-0.1, -0.05) is 36.7 Å². The topological polar surface area (TPSA) is 97.8 Å². The molecule has 1 aliphatic heterocycles. The second-order valence-corrected chi connectivity index (χ2v) is 9.40. The number of anilines is 1. The van der Waals surface area contributed by atoms with Crippen molar-refractivity contribution in [3.63, 3.8) is 0 Å². The van der Waals surface area contributed by atoms with Crippen LogP contribution in [0.5, 0.6) is 11.5 Å². The molecule has 10 heteroatoms. The Balaban J connectivity index is 1.40. The Hall–Kier alpha value is -2.43. The van der Waals surface area contributed by atoms with Crippen LogP contribution in [0.4, 0.5) is 9.93 Å². The summed E-state index contributed by atoms with van der Waals surface area (Å²) in [5, 5.41) is 16.0. The van der Waals surface area contributed by atoms with Crippen molar-refractivity contribution in [1.82, 2.24) is 20.4 Å². The Kier molecular flexibility index (Phi) is 8.35. The van der Waals surface area contributed by atoms with E-state index in [0.29, 0.717) is 42.3 Å². The molecule has 1 aromatic heterocycles. The molecule has 0 spiro atoms. The number of urea groups is 1. The van der Waals surface area contributed by atoms with Crippen molar-refractivity contribution in [2.24, 2.45) is 0 Å². The molecule has 2 amide bonds. The minimum atomic E-state index is -0.278. The number of ether oxygens (including phenoxy) is 3. The fourth-order valence-electron chi connectivity index (χ4n) is 4.54.